The molecule has 0 radical (unpaired) electrons. The van der Waals surface area contributed by atoms with Gasteiger partial charge in [-0.3, -0.25) is 9.78 Å². The minimum Gasteiger partial charge on any atom is -0.489 e. The molecule has 3 aromatic rings. The Morgan fingerprint density at radius 1 is 1.10 bits per heavy atom. The number of amides is 1. The standard InChI is InChI=1S/C25H26Cl2N2O2/c1-16(2)31-22-11-10-21(18-7-6-14-28-23(18)22)29-24(30)25(12-4-3-5-13-25)19-9-8-17(26)15-20(19)27/h6-11,14-16H,3-5,12-13H2,1-2H3,(H,29,30). The SMILES string of the molecule is CC(C)Oc1ccc(NC(=O)C2(c3ccc(Cl)cc3Cl)CCCCC2)c2cccnc12. The minimum atomic E-state index is -0.679. The predicted octanol–water partition coefficient (Wildman–Crippen LogP) is 7.17. The fourth-order valence-electron chi connectivity index (χ4n) is 4.50. The zero-order valence-corrected chi connectivity index (χ0v) is 19.3. The van der Waals surface area contributed by atoms with E-state index in [0.717, 1.165) is 54.3 Å². The number of nitrogens with zero attached hydrogens (tertiary/aromatic N) is 1. The quantitative estimate of drug-likeness (QED) is 0.442. The molecular weight excluding hydrogens is 431 g/mol. The number of hydrogen-bond donors (Lipinski definition) is 1. The van der Waals surface area contributed by atoms with Crippen LogP contribution in [0.25, 0.3) is 10.9 Å². The highest BCUT2D eigenvalue weighted by Crippen LogP contribution is 2.44. The van der Waals surface area contributed by atoms with Crippen LogP contribution >= 0.6 is 23.2 Å². The van der Waals surface area contributed by atoms with Gasteiger partial charge >= 0.3 is 0 Å². The van der Waals surface area contributed by atoms with Gasteiger partial charge in [0.2, 0.25) is 5.91 Å². The van der Waals surface area contributed by atoms with Crippen LogP contribution < -0.4 is 10.1 Å². The molecule has 0 spiro atoms. The minimum absolute atomic E-state index is 0.0307. The number of hydrogen-bond acceptors (Lipinski definition) is 3. The van der Waals surface area contributed by atoms with Crippen molar-refractivity contribution in [3.8, 4) is 5.75 Å². The first-order chi connectivity index (χ1) is 14.9. The van der Waals surface area contributed by atoms with Gasteiger partial charge < -0.3 is 10.1 Å². The lowest BCUT2D eigenvalue weighted by Gasteiger charge is -2.37. The number of benzene rings is 2. The number of aromatic nitrogens is 1. The number of fused-ring (bicyclic) bond motifs is 1. The van der Waals surface area contributed by atoms with Gasteiger partial charge in [0.05, 0.1) is 17.2 Å². The lowest BCUT2D eigenvalue weighted by Crippen LogP contribution is -2.42. The summed E-state index contributed by atoms with van der Waals surface area (Å²) in [5.41, 5.74) is 1.62. The molecule has 0 aliphatic heterocycles. The summed E-state index contributed by atoms with van der Waals surface area (Å²) < 4.78 is 5.91. The van der Waals surface area contributed by atoms with Gasteiger partial charge in [-0.25, -0.2) is 0 Å². The second kappa shape index (κ2) is 9.05. The summed E-state index contributed by atoms with van der Waals surface area (Å²) in [7, 11) is 0. The Morgan fingerprint density at radius 2 is 1.87 bits per heavy atom. The highest BCUT2D eigenvalue weighted by molar-refractivity contribution is 6.35. The average molecular weight is 457 g/mol. The van der Waals surface area contributed by atoms with Crippen LogP contribution in [0, 0.1) is 0 Å². The number of nitrogens with one attached hydrogen (secondary N) is 1. The molecule has 1 aliphatic rings. The zero-order valence-electron chi connectivity index (χ0n) is 17.8. The Bertz CT molecular complexity index is 1110. The molecule has 1 amide bonds. The molecule has 162 valence electrons. The van der Waals surface area contributed by atoms with Crippen molar-refractivity contribution in [3.05, 3.63) is 64.3 Å². The van der Waals surface area contributed by atoms with Crippen LogP contribution in [-0.4, -0.2) is 17.0 Å². The first-order valence-electron chi connectivity index (χ1n) is 10.7. The zero-order chi connectivity index (χ0) is 22.0. The van der Waals surface area contributed by atoms with E-state index < -0.39 is 5.41 Å². The van der Waals surface area contributed by atoms with Crippen molar-refractivity contribution in [2.45, 2.75) is 57.5 Å². The summed E-state index contributed by atoms with van der Waals surface area (Å²) >= 11 is 12.7. The van der Waals surface area contributed by atoms with Gasteiger partial charge in [-0.2, -0.15) is 0 Å². The van der Waals surface area contributed by atoms with Crippen LogP contribution in [-0.2, 0) is 10.2 Å². The number of ether oxygens (including phenoxy) is 1. The van der Waals surface area contributed by atoms with Crippen molar-refractivity contribution < 1.29 is 9.53 Å². The van der Waals surface area contributed by atoms with Gasteiger partial charge in [0, 0.05) is 21.6 Å². The summed E-state index contributed by atoms with van der Waals surface area (Å²) in [6.45, 7) is 3.96. The predicted molar refractivity (Wildman–Crippen MR) is 127 cm³/mol. The summed E-state index contributed by atoms with van der Waals surface area (Å²) in [5.74, 6) is 0.663. The first kappa shape index (κ1) is 21.9. The second-order valence-corrected chi connectivity index (χ2v) is 9.24. The molecule has 0 unspecified atom stereocenters. The van der Waals surface area contributed by atoms with Crippen molar-refractivity contribution in [2.24, 2.45) is 0 Å². The van der Waals surface area contributed by atoms with E-state index >= 15 is 0 Å². The van der Waals surface area contributed by atoms with E-state index in [2.05, 4.69) is 10.3 Å². The summed E-state index contributed by atoms with van der Waals surface area (Å²) in [4.78, 5) is 18.3. The third kappa shape index (κ3) is 4.37. The van der Waals surface area contributed by atoms with E-state index in [0.29, 0.717) is 15.8 Å². The van der Waals surface area contributed by atoms with E-state index in [1.165, 1.54) is 0 Å². The topological polar surface area (TPSA) is 51.2 Å². The van der Waals surface area contributed by atoms with Crippen LogP contribution in [0.15, 0.2) is 48.7 Å². The van der Waals surface area contributed by atoms with Gasteiger partial charge in [0.25, 0.3) is 0 Å². The summed E-state index contributed by atoms with van der Waals surface area (Å²) in [6, 6.07) is 13.0. The fraction of sp³-hybridized carbons (Fsp3) is 0.360. The second-order valence-electron chi connectivity index (χ2n) is 8.40. The molecule has 0 bridgehead atoms. The third-order valence-electron chi connectivity index (χ3n) is 5.93. The number of carbonyl (C=O) groups excluding carboxylic acids is 1. The first-order valence-corrected chi connectivity index (χ1v) is 11.5. The number of rotatable bonds is 5. The molecule has 4 nitrogen and oxygen atoms in total. The highest BCUT2D eigenvalue weighted by Gasteiger charge is 2.42. The van der Waals surface area contributed by atoms with Gasteiger partial charge in [-0.05, 0) is 68.7 Å². The molecule has 4 rings (SSSR count). The molecule has 1 aromatic heterocycles. The molecule has 1 saturated carbocycles. The molecule has 1 fully saturated rings. The maximum Gasteiger partial charge on any atom is 0.235 e. The largest absolute Gasteiger partial charge is 0.489 e. The fourth-order valence-corrected chi connectivity index (χ4v) is 5.09. The van der Waals surface area contributed by atoms with E-state index in [1.54, 1.807) is 12.3 Å². The lowest BCUT2D eigenvalue weighted by molar-refractivity contribution is -0.122. The van der Waals surface area contributed by atoms with Crippen molar-refractivity contribution in [1.29, 1.82) is 0 Å². The Balaban J connectivity index is 1.74. The van der Waals surface area contributed by atoms with Crippen molar-refractivity contribution >= 4 is 45.7 Å². The summed E-state index contributed by atoms with van der Waals surface area (Å²) in [6.07, 6.45) is 6.36. The lowest BCUT2D eigenvalue weighted by atomic mass is 9.68. The maximum absolute atomic E-state index is 13.8. The number of carbonyl (C=O) groups is 1. The number of pyridine rings is 1. The number of anilines is 1. The molecule has 2 aromatic carbocycles. The molecule has 31 heavy (non-hydrogen) atoms. The molecule has 1 aliphatic carbocycles. The molecular formula is C25H26Cl2N2O2. The molecule has 0 atom stereocenters. The van der Waals surface area contributed by atoms with Gasteiger partial charge in [-0.15, -0.1) is 0 Å². The van der Waals surface area contributed by atoms with Crippen LogP contribution in [0.2, 0.25) is 10.0 Å². The Kier molecular flexibility index (Phi) is 6.40. The van der Waals surface area contributed by atoms with E-state index in [1.807, 2.05) is 50.2 Å². The van der Waals surface area contributed by atoms with Crippen LogP contribution in [0.1, 0.15) is 51.5 Å². The van der Waals surface area contributed by atoms with Crippen molar-refractivity contribution in [1.82, 2.24) is 4.98 Å². The smallest absolute Gasteiger partial charge is 0.235 e. The van der Waals surface area contributed by atoms with Gasteiger partial charge in [0.1, 0.15) is 11.3 Å². The monoisotopic (exact) mass is 456 g/mol. The average Bonchev–Trinajstić information content (AvgIpc) is 2.75. The molecule has 6 heteroatoms. The molecule has 1 N–H and O–H groups in total. The Hall–Kier alpha value is -2.30. The van der Waals surface area contributed by atoms with Crippen LogP contribution in [0.3, 0.4) is 0 Å². The Morgan fingerprint density at radius 3 is 2.58 bits per heavy atom. The van der Waals surface area contributed by atoms with Crippen LogP contribution in [0.5, 0.6) is 5.75 Å². The van der Waals surface area contributed by atoms with Gasteiger partial charge in [-0.1, -0.05) is 48.5 Å². The highest BCUT2D eigenvalue weighted by atomic mass is 35.5. The maximum atomic E-state index is 13.8. The Labute approximate surface area is 192 Å². The van der Waals surface area contributed by atoms with Crippen LogP contribution in [0.4, 0.5) is 5.69 Å². The van der Waals surface area contributed by atoms with Gasteiger partial charge in [0.15, 0.2) is 0 Å². The van der Waals surface area contributed by atoms with E-state index in [4.69, 9.17) is 27.9 Å². The van der Waals surface area contributed by atoms with E-state index in [9.17, 15) is 4.79 Å². The number of halogens is 2. The normalized spacial score (nSPS) is 15.8. The van der Waals surface area contributed by atoms with Crippen molar-refractivity contribution in [3.63, 3.8) is 0 Å². The van der Waals surface area contributed by atoms with Crippen molar-refractivity contribution in [2.75, 3.05) is 5.32 Å². The molecule has 0 saturated heterocycles. The third-order valence-corrected chi connectivity index (χ3v) is 6.48. The molecule has 1 heterocycles. The summed E-state index contributed by atoms with van der Waals surface area (Å²) in [5, 5.41) is 5.15. The van der Waals surface area contributed by atoms with E-state index in [-0.39, 0.29) is 12.0 Å².